The second-order valence-electron chi connectivity index (χ2n) is 4.34. The maximum absolute atomic E-state index is 11.2. The zero-order valence-electron chi connectivity index (χ0n) is 10.9. The van der Waals surface area contributed by atoms with Crippen LogP contribution in [0.2, 0.25) is 0 Å². The average Bonchev–Trinajstić information content (AvgIpc) is 2.91. The molecule has 0 spiro atoms. The van der Waals surface area contributed by atoms with Crippen LogP contribution in [0, 0.1) is 0 Å². The Morgan fingerprint density at radius 1 is 1.21 bits per heavy atom. The molecule has 3 nitrogen and oxygen atoms in total. The predicted molar refractivity (Wildman–Crippen MR) is 77.5 cm³/mol. The van der Waals surface area contributed by atoms with E-state index < -0.39 is 5.97 Å². The minimum Gasteiger partial charge on any atom is -0.478 e. The monoisotopic (exact) mass is 275 g/mol. The molecule has 0 fully saturated rings. The number of thiophene rings is 1. The van der Waals surface area contributed by atoms with Gasteiger partial charge in [0.2, 0.25) is 0 Å². The van der Waals surface area contributed by atoms with E-state index in [1.807, 2.05) is 18.2 Å². The van der Waals surface area contributed by atoms with Gasteiger partial charge in [-0.05, 0) is 29.6 Å². The molecule has 0 saturated heterocycles. The molecule has 0 aliphatic carbocycles. The Morgan fingerprint density at radius 3 is 2.63 bits per heavy atom. The van der Waals surface area contributed by atoms with Crippen molar-refractivity contribution in [2.45, 2.75) is 20.0 Å². The first-order valence-corrected chi connectivity index (χ1v) is 7.14. The van der Waals surface area contributed by atoms with Gasteiger partial charge in [0, 0.05) is 18.0 Å². The molecule has 2 rings (SSSR count). The van der Waals surface area contributed by atoms with Crippen LogP contribution in [0.15, 0.2) is 41.8 Å². The average molecular weight is 275 g/mol. The summed E-state index contributed by atoms with van der Waals surface area (Å²) >= 11 is 1.73. The summed E-state index contributed by atoms with van der Waals surface area (Å²) in [5.74, 6) is -0.859. The van der Waals surface area contributed by atoms with Crippen LogP contribution >= 0.6 is 11.3 Å². The number of hydrogen-bond acceptors (Lipinski definition) is 3. The van der Waals surface area contributed by atoms with Crippen molar-refractivity contribution in [1.29, 1.82) is 0 Å². The van der Waals surface area contributed by atoms with Crippen LogP contribution in [0.1, 0.15) is 27.7 Å². The molecule has 0 radical (unpaired) electrons. The van der Waals surface area contributed by atoms with Crippen molar-refractivity contribution in [2.75, 3.05) is 6.54 Å². The van der Waals surface area contributed by atoms with Gasteiger partial charge in [0.05, 0.1) is 5.56 Å². The van der Waals surface area contributed by atoms with Gasteiger partial charge in [0.15, 0.2) is 0 Å². The lowest BCUT2D eigenvalue weighted by molar-refractivity contribution is 0.0694. The van der Waals surface area contributed by atoms with Gasteiger partial charge in [-0.3, -0.25) is 4.90 Å². The quantitative estimate of drug-likeness (QED) is 0.877. The summed E-state index contributed by atoms with van der Waals surface area (Å²) in [7, 11) is 0. The molecule has 0 unspecified atom stereocenters. The summed E-state index contributed by atoms with van der Waals surface area (Å²) in [5, 5.41) is 11.3. The lowest BCUT2D eigenvalue weighted by Gasteiger charge is -2.20. The highest BCUT2D eigenvalue weighted by Crippen LogP contribution is 2.16. The van der Waals surface area contributed by atoms with Gasteiger partial charge in [-0.2, -0.15) is 0 Å². The Hall–Kier alpha value is -1.65. The maximum atomic E-state index is 11.2. The van der Waals surface area contributed by atoms with Gasteiger partial charge in [-0.1, -0.05) is 31.2 Å². The van der Waals surface area contributed by atoms with Crippen LogP contribution in [0.3, 0.4) is 0 Å². The van der Waals surface area contributed by atoms with E-state index in [1.165, 1.54) is 4.88 Å². The standard InChI is InChI=1S/C15H17NO2S/c1-2-16(11-13-7-5-9-19-13)10-12-6-3-4-8-14(12)15(17)18/h3-9H,2,10-11H2,1H3,(H,17,18). The van der Waals surface area contributed by atoms with E-state index in [9.17, 15) is 9.90 Å². The fourth-order valence-electron chi connectivity index (χ4n) is 2.01. The molecule has 1 aromatic carbocycles. The Bertz CT molecular complexity index is 537. The minimum absolute atomic E-state index is 0.395. The summed E-state index contributed by atoms with van der Waals surface area (Å²) in [6.45, 7) is 4.52. The van der Waals surface area contributed by atoms with E-state index in [4.69, 9.17) is 0 Å². The molecule has 0 aliphatic rings. The van der Waals surface area contributed by atoms with Gasteiger partial charge >= 0.3 is 5.97 Å². The predicted octanol–water partition coefficient (Wildman–Crippen LogP) is 3.47. The fraction of sp³-hybridized carbons (Fsp3) is 0.267. The van der Waals surface area contributed by atoms with Crippen molar-refractivity contribution in [3.63, 3.8) is 0 Å². The van der Waals surface area contributed by atoms with Crippen LogP contribution in [-0.4, -0.2) is 22.5 Å². The Morgan fingerprint density at radius 2 is 2.00 bits per heavy atom. The van der Waals surface area contributed by atoms with Crippen molar-refractivity contribution in [3.05, 3.63) is 57.8 Å². The van der Waals surface area contributed by atoms with Crippen LogP contribution in [0.5, 0.6) is 0 Å². The highest BCUT2D eigenvalue weighted by Gasteiger charge is 2.12. The molecule has 0 amide bonds. The van der Waals surface area contributed by atoms with E-state index in [2.05, 4.69) is 23.3 Å². The molecule has 0 atom stereocenters. The van der Waals surface area contributed by atoms with Crippen LogP contribution < -0.4 is 0 Å². The largest absolute Gasteiger partial charge is 0.478 e. The molecule has 19 heavy (non-hydrogen) atoms. The second-order valence-corrected chi connectivity index (χ2v) is 5.38. The number of carbonyl (C=O) groups is 1. The molecule has 2 aromatic rings. The molecular formula is C15H17NO2S. The maximum Gasteiger partial charge on any atom is 0.336 e. The number of benzene rings is 1. The summed E-state index contributed by atoms with van der Waals surface area (Å²) < 4.78 is 0. The normalized spacial score (nSPS) is 10.8. The van der Waals surface area contributed by atoms with E-state index in [0.29, 0.717) is 12.1 Å². The molecule has 4 heteroatoms. The van der Waals surface area contributed by atoms with Gasteiger partial charge in [-0.25, -0.2) is 4.79 Å². The Labute approximate surface area is 117 Å². The first kappa shape index (κ1) is 13.8. The molecule has 100 valence electrons. The van der Waals surface area contributed by atoms with Crippen molar-refractivity contribution >= 4 is 17.3 Å². The Kier molecular flexibility index (Phi) is 4.71. The molecule has 0 bridgehead atoms. The molecule has 0 aliphatic heterocycles. The summed E-state index contributed by atoms with van der Waals surface area (Å²) in [4.78, 5) is 14.7. The highest BCUT2D eigenvalue weighted by atomic mass is 32.1. The number of aromatic carboxylic acids is 1. The Balaban J connectivity index is 2.12. The van der Waals surface area contributed by atoms with Crippen molar-refractivity contribution < 1.29 is 9.90 Å². The van der Waals surface area contributed by atoms with E-state index in [-0.39, 0.29) is 0 Å². The minimum atomic E-state index is -0.859. The summed E-state index contributed by atoms with van der Waals surface area (Å²) in [6.07, 6.45) is 0. The lowest BCUT2D eigenvalue weighted by Crippen LogP contribution is -2.23. The van der Waals surface area contributed by atoms with E-state index in [1.54, 1.807) is 23.5 Å². The third kappa shape index (κ3) is 3.66. The zero-order valence-corrected chi connectivity index (χ0v) is 11.7. The van der Waals surface area contributed by atoms with Crippen LogP contribution in [0.4, 0.5) is 0 Å². The van der Waals surface area contributed by atoms with Crippen molar-refractivity contribution in [2.24, 2.45) is 0 Å². The molecular weight excluding hydrogens is 258 g/mol. The topological polar surface area (TPSA) is 40.5 Å². The fourth-order valence-corrected chi connectivity index (χ4v) is 2.76. The smallest absolute Gasteiger partial charge is 0.336 e. The number of nitrogens with zero attached hydrogens (tertiary/aromatic N) is 1. The molecule has 0 saturated carbocycles. The van der Waals surface area contributed by atoms with Gasteiger partial charge in [0.1, 0.15) is 0 Å². The third-order valence-corrected chi connectivity index (χ3v) is 3.91. The van der Waals surface area contributed by atoms with E-state index >= 15 is 0 Å². The van der Waals surface area contributed by atoms with Gasteiger partial charge in [0.25, 0.3) is 0 Å². The number of carboxylic acids is 1. The van der Waals surface area contributed by atoms with Crippen LogP contribution in [-0.2, 0) is 13.1 Å². The van der Waals surface area contributed by atoms with Gasteiger partial charge in [-0.15, -0.1) is 11.3 Å². The summed E-state index contributed by atoms with van der Waals surface area (Å²) in [6, 6.07) is 11.4. The van der Waals surface area contributed by atoms with Gasteiger partial charge < -0.3 is 5.11 Å². The second kappa shape index (κ2) is 6.50. The highest BCUT2D eigenvalue weighted by molar-refractivity contribution is 7.09. The lowest BCUT2D eigenvalue weighted by atomic mass is 10.1. The first-order chi connectivity index (χ1) is 9.20. The van der Waals surface area contributed by atoms with E-state index in [0.717, 1.165) is 18.7 Å². The number of carboxylic acid groups (broad SMARTS) is 1. The zero-order chi connectivity index (χ0) is 13.7. The molecule has 1 aromatic heterocycles. The number of rotatable bonds is 6. The number of hydrogen-bond donors (Lipinski definition) is 1. The van der Waals surface area contributed by atoms with Crippen molar-refractivity contribution in [3.8, 4) is 0 Å². The van der Waals surface area contributed by atoms with Crippen LogP contribution in [0.25, 0.3) is 0 Å². The molecule has 1 heterocycles. The third-order valence-electron chi connectivity index (χ3n) is 3.05. The SMILES string of the molecule is CCN(Cc1cccs1)Cc1ccccc1C(=O)O. The summed E-state index contributed by atoms with van der Waals surface area (Å²) in [5.41, 5.74) is 1.26. The van der Waals surface area contributed by atoms with Crippen molar-refractivity contribution in [1.82, 2.24) is 4.90 Å². The first-order valence-electron chi connectivity index (χ1n) is 6.26. The molecule has 1 N–H and O–H groups in total.